The molecule has 2 nitrogen and oxygen atoms in total. The van der Waals surface area contributed by atoms with Crippen molar-refractivity contribution in [1.29, 1.82) is 0 Å². The van der Waals surface area contributed by atoms with E-state index in [0.717, 1.165) is 32.5 Å². The molecule has 0 N–H and O–H groups in total. The minimum Gasteiger partial charge on any atom is -0.381 e. The van der Waals surface area contributed by atoms with E-state index >= 15 is 0 Å². The van der Waals surface area contributed by atoms with E-state index in [-0.39, 0.29) is 6.10 Å². The molecule has 0 bridgehead atoms. The van der Waals surface area contributed by atoms with Crippen molar-refractivity contribution in [3.63, 3.8) is 0 Å². The number of halogens is 1. The van der Waals surface area contributed by atoms with Gasteiger partial charge in [0.1, 0.15) is 12.3 Å². The van der Waals surface area contributed by atoms with E-state index in [2.05, 4.69) is 6.92 Å². The summed E-state index contributed by atoms with van der Waals surface area (Å²) in [5, 5.41) is 0. The number of hydrogen-bond acceptors (Lipinski definition) is 2. The van der Waals surface area contributed by atoms with Gasteiger partial charge in [0.05, 0.1) is 6.61 Å². The van der Waals surface area contributed by atoms with Crippen LogP contribution in [0.1, 0.15) is 39.0 Å². The molecular weight excluding hydrogens is 183 g/mol. The highest BCUT2D eigenvalue weighted by Gasteiger charge is 2.31. The second-order valence-electron chi connectivity index (χ2n) is 3.85. The monoisotopic (exact) mass is 204 g/mol. The fraction of sp³-hybridized carbons (Fsp3) is 1.00. The summed E-state index contributed by atoms with van der Waals surface area (Å²) >= 11 is 0. The third kappa shape index (κ3) is 5.55. The predicted molar refractivity (Wildman–Crippen MR) is 54.2 cm³/mol. The average Bonchev–Trinajstić information content (AvgIpc) is 2.83. The quantitative estimate of drug-likeness (QED) is 0.507. The number of alkyl halides is 1. The Kier molecular flexibility index (Phi) is 6.12. The van der Waals surface area contributed by atoms with Crippen LogP contribution < -0.4 is 0 Å². The highest BCUT2D eigenvalue weighted by molar-refractivity contribution is 4.78. The molecule has 0 aliphatic carbocycles. The fourth-order valence-electron chi connectivity index (χ4n) is 1.18. The van der Waals surface area contributed by atoms with Crippen LogP contribution in [-0.4, -0.2) is 32.1 Å². The van der Waals surface area contributed by atoms with Gasteiger partial charge in [-0.3, -0.25) is 0 Å². The Morgan fingerprint density at radius 1 is 1.36 bits per heavy atom. The molecule has 2 atom stereocenters. The molecule has 0 radical (unpaired) electrons. The Balaban J connectivity index is 0.000000203. The summed E-state index contributed by atoms with van der Waals surface area (Å²) in [6, 6.07) is 0. The molecule has 2 heterocycles. The van der Waals surface area contributed by atoms with Crippen molar-refractivity contribution in [2.75, 3.05) is 19.8 Å². The van der Waals surface area contributed by atoms with Crippen LogP contribution >= 0.6 is 0 Å². The van der Waals surface area contributed by atoms with Gasteiger partial charge < -0.3 is 9.47 Å². The number of ether oxygens (including phenoxy) is 2. The molecule has 14 heavy (non-hydrogen) atoms. The normalized spacial score (nSPS) is 25.7. The first kappa shape index (κ1) is 11.9. The zero-order valence-electron chi connectivity index (χ0n) is 9.01. The minimum atomic E-state index is -0.688. The molecule has 3 heteroatoms. The smallest absolute Gasteiger partial charge is 0.128 e. The summed E-state index contributed by atoms with van der Waals surface area (Å²) in [5.74, 6) is 0. The van der Waals surface area contributed by atoms with Crippen molar-refractivity contribution in [2.45, 2.75) is 51.3 Å². The number of epoxide rings is 1. The van der Waals surface area contributed by atoms with Crippen LogP contribution in [0.15, 0.2) is 0 Å². The van der Waals surface area contributed by atoms with E-state index in [0.29, 0.717) is 13.0 Å². The molecule has 2 aliphatic heterocycles. The molecule has 2 fully saturated rings. The van der Waals surface area contributed by atoms with Crippen LogP contribution in [0.5, 0.6) is 0 Å². The van der Waals surface area contributed by atoms with E-state index in [1.807, 2.05) is 0 Å². The van der Waals surface area contributed by atoms with Crippen LogP contribution in [0.3, 0.4) is 0 Å². The van der Waals surface area contributed by atoms with Crippen LogP contribution in [0.2, 0.25) is 0 Å². The van der Waals surface area contributed by atoms with E-state index in [4.69, 9.17) is 9.47 Å². The van der Waals surface area contributed by atoms with E-state index in [1.165, 1.54) is 6.42 Å². The van der Waals surface area contributed by atoms with Crippen LogP contribution in [0, 0.1) is 0 Å². The van der Waals surface area contributed by atoms with Crippen molar-refractivity contribution >= 4 is 0 Å². The van der Waals surface area contributed by atoms with Gasteiger partial charge in [-0.2, -0.15) is 0 Å². The Morgan fingerprint density at radius 2 is 1.93 bits per heavy atom. The zero-order valence-corrected chi connectivity index (χ0v) is 9.01. The second-order valence-corrected chi connectivity index (χ2v) is 3.85. The second kappa shape index (κ2) is 7.18. The van der Waals surface area contributed by atoms with Gasteiger partial charge in [-0.15, -0.1) is 0 Å². The van der Waals surface area contributed by atoms with Gasteiger partial charge >= 0.3 is 0 Å². The van der Waals surface area contributed by atoms with Gasteiger partial charge in [-0.1, -0.05) is 26.2 Å². The first-order chi connectivity index (χ1) is 6.84. The molecule has 2 unspecified atom stereocenters. The topological polar surface area (TPSA) is 21.8 Å². The average molecular weight is 204 g/mol. The third-order valence-corrected chi connectivity index (χ3v) is 2.42. The molecule has 0 saturated carbocycles. The highest BCUT2D eigenvalue weighted by atomic mass is 19.1. The van der Waals surface area contributed by atoms with Gasteiger partial charge in [0, 0.05) is 13.2 Å². The predicted octanol–water partition coefficient (Wildman–Crippen LogP) is 2.71. The van der Waals surface area contributed by atoms with Crippen LogP contribution in [-0.2, 0) is 9.47 Å². The Hall–Kier alpha value is -0.150. The SMILES string of the molecule is C1COC1.CCCCCC(F)C1CO1. The first-order valence-electron chi connectivity index (χ1n) is 5.68. The van der Waals surface area contributed by atoms with Crippen molar-refractivity contribution in [2.24, 2.45) is 0 Å². The maximum absolute atomic E-state index is 12.8. The van der Waals surface area contributed by atoms with Crippen molar-refractivity contribution in [3.8, 4) is 0 Å². The minimum absolute atomic E-state index is 0.0446. The van der Waals surface area contributed by atoms with Gasteiger partial charge in [0.15, 0.2) is 0 Å². The summed E-state index contributed by atoms with van der Waals surface area (Å²) < 4.78 is 22.3. The lowest BCUT2D eigenvalue weighted by Gasteiger charge is -2.09. The lowest BCUT2D eigenvalue weighted by Crippen LogP contribution is -2.09. The third-order valence-electron chi connectivity index (χ3n) is 2.42. The van der Waals surface area contributed by atoms with Gasteiger partial charge in [-0.25, -0.2) is 4.39 Å². The molecule has 0 amide bonds. The van der Waals surface area contributed by atoms with Crippen molar-refractivity contribution in [1.82, 2.24) is 0 Å². The van der Waals surface area contributed by atoms with E-state index in [1.54, 1.807) is 0 Å². The maximum Gasteiger partial charge on any atom is 0.128 e. The molecule has 0 aromatic carbocycles. The maximum atomic E-state index is 12.8. The Labute approximate surface area is 85.8 Å². The largest absolute Gasteiger partial charge is 0.381 e. The molecule has 2 rings (SSSR count). The summed E-state index contributed by atoms with van der Waals surface area (Å²) in [5.41, 5.74) is 0. The van der Waals surface area contributed by atoms with Crippen LogP contribution in [0.4, 0.5) is 4.39 Å². The van der Waals surface area contributed by atoms with Gasteiger partial charge in [0.25, 0.3) is 0 Å². The van der Waals surface area contributed by atoms with Crippen LogP contribution in [0.25, 0.3) is 0 Å². The number of hydrogen-bond donors (Lipinski definition) is 0. The van der Waals surface area contributed by atoms with E-state index < -0.39 is 6.17 Å². The van der Waals surface area contributed by atoms with Gasteiger partial charge in [0.2, 0.25) is 0 Å². The summed E-state index contributed by atoms with van der Waals surface area (Å²) in [7, 11) is 0. The lowest BCUT2D eigenvalue weighted by atomic mass is 10.1. The summed E-state index contributed by atoms with van der Waals surface area (Å²) in [4.78, 5) is 0. The summed E-state index contributed by atoms with van der Waals surface area (Å²) in [6.45, 7) is 4.77. The Bertz CT molecular complexity index is 129. The Morgan fingerprint density at radius 3 is 2.29 bits per heavy atom. The molecule has 2 aliphatic rings. The lowest BCUT2D eigenvalue weighted by molar-refractivity contribution is 0.0367. The standard InChI is InChI=1S/C8H15FO.C3H6O/c1-2-3-4-5-7(9)8-6-10-8;1-2-4-3-1/h7-8H,2-6H2,1H3;1-3H2. The number of rotatable bonds is 5. The van der Waals surface area contributed by atoms with Crippen molar-refractivity contribution in [3.05, 3.63) is 0 Å². The molecule has 0 aromatic rings. The van der Waals surface area contributed by atoms with Gasteiger partial charge in [-0.05, 0) is 12.8 Å². The fourth-order valence-corrected chi connectivity index (χ4v) is 1.18. The molecule has 0 spiro atoms. The molecule has 2 saturated heterocycles. The number of unbranched alkanes of at least 4 members (excludes halogenated alkanes) is 2. The molecule has 84 valence electrons. The molecular formula is C11H21FO2. The highest BCUT2D eigenvalue weighted by Crippen LogP contribution is 2.21. The molecule has 0 aromatic heterocycles. The van der Waals surface area contributed by atoms with E-state index in [9.17, 15) is 4.39 Å². The zero-order chi connectivity index (χ0) is 10.2. The first-order valence-corrected chi connectivity index (χ1v) is 5.68. The summed E-state index contributed by atoms with van der Waals surface area (Å²) in [6.07, 6.45) is 4.56. The van der Waals surface area contributed by atoms with Crippen molar-refractivity contribution < 1.29 is 13.9 Å².